The van der Waals surface area contributed by atoms with Gasteiger partial charge in [-0.25, -0.2) is 0 Å². The highest BCUT2D eigenvalue weighted by molar-refractivity contribution is 5.77. The molecule has 2 aromatic rings. The summed E-state index contributed by atoms with van der Waals surface area (Å²) in [6, 6.07) is 18.8. The summed E-state index contributed by atoms with van der Waals surface area (Å²) in [4.78, 5) is 19.3. The van der Waals surface area contributed by atoms with Gasteiger partial charge in [0.25, 0.3) is 5.91 Å². The molecule has 0 radical (unpaired) electrons. The molecule has 4 rings (SSSR count). The number of amides is 1. The molecule has 0 atom stereocenters. The number of carbonyl (C=O) groups is 1. The quantitative estimate of drug-likeness (QED) is 0.687. The first-order chi connectivity index (χ1) is 15.2. The van der Waals surface area contributed by atoms with Crippen LogP contribution < -0.4 is 4.74 Å². The average molecular weight is 422 g/mol. The van der Waals surface area contributed by atoms with Crippen LogP contribution in [-0.4, -0.2) is 73.5 Å². The Morgan fingerprint density at radius 1 is 0.871 bits per heavy atom. The van der Waals surface area contributed by atoms with Crippen LogP contribution in [0.4, 0.5) is 0 Å². The Kier molecular flexibility index (Phi) is 7.60. The van der Waals surface area contributed by atoms with E-state index in [0.717, 1.165) is 70.8 Å². The molecule has 2 fully saturated rings. The van der Waals surface area contributed by atoms with E-state index in [0.29, 0.717) is 5.92 Å². The lowest BCUT2D eigenvalue weighted by atomic mass is 9.90. The van der Waals surface area contributed by atoms with Gasteiger partial charge in [0.15, 0.2) is 6.61 Å². The van der Waals surface area contributed by atoms with E-state index in [-0.39, 0.29) is 12.5 Å². The first kappa shape index (κ1) is 21.8. The Hall–Kier alpha value is -2.37. The first-order valence-corrected chi connectivity index (χ1v) is 11.6. The number of carbonyl (C=O) groups excluding carboxylic acids is 1. The van der Waals surface area contributed by atoms with Gasteiger partial charge in [0.2, 0.25) is 0 Å². The SMILES string of the molecule is CN1CCN(Cc2ccc(CC3CCN(C(=O)COc4ccccc4)CC3)cc2)CC1. The van der Waals surface area contributed by atoms with E-state index in [1.54, 1.807) is 0 Å². The number of piperazine rings is 1. The molecule has 2 heterocycles. The van der Waals surface area contributed by atoms with Crippen molar-refractivity contribution in [3.8, 4) is 5.75 Å². The monoisotopic (exact) mass is 421 g/mol. The van der Waals surface area contributed by atoms with Crippen LogP contribution in [0.5, 0.6) is 5.75 Å². The molecule has 31 heavy (non-hydrogen) atoms. The Morgan fingerprint density at radius 2 is 1.52 bits per heavy atom. The number of rotatable bonds is 7. The molecule has 0 saturated carbocycles. The number of likely N-dealkylation sites (tertiary alicyclic amines) is 1. The van der Waals surface area contributed by atoms with Crippen molar-refractivity contribution < 1.29 is 9.53 Å². The Balaban J connectivity index is 1.18. The number of benzene rings is 2. The number of ether oxygens (including phenoxy) is 1. The van der Waals surface area contributed by atoms with Crippen LogP contribution in [0.25, 0.3) is 0 Å². The molecule has 166 valence electrons. The molecule has 0 spiro atoms. The van der Waals surface area contributed by atoms with Crippen molar-refractivity contribution >= 4 is 5.91 Å². The van der Waals surface area contributed by atoms with E-state index in [9.17, 15) is 4.79 Å². The fraction of sp³-hybridized carbons (Fsp3) is 0.500. The molecule has 2 aliphatic heterocycles. The molecule has 0 aromatic heterocycles. The van der Waals surface area contributed by atoms with E-state index in [1.807, 2.05) is 35.2 Å². The first-order valence-electron chi connectivity index (χ1n) is 11.6. The van der Waals surface area contributed by atoms with Crippen molar-refractivity contribution in [2.75, 3.05) is 52.9 Å². The van der Waals surface area contributed by atoms with Crippen molar-refractivity contribution in [3.05, 3.63) is 65.7 Å². The summed E-state index contributed by atoms with van der Waals surface area (Å²) >= 11 is 0. The Morgan fingerprint density at radius 3 is 2.19 bits per heavy atom. The van der Waals surface area contributed by atoms with Gasteiger partial charge in [-0.2, -0.15) is 0 Å². The second-order valence-corrected chi connectivity index (χ2v) is 9.03. The van der Waals surface area contributed by atoms with Gasteiger partial charge in [0, 0.05) is 45.8 Å². The van der Waals surface area contributed by atoms with Gasteiger partial charge in [-0.3, -0.25) is 9.69 Å². The van der Waals surface area contributed by atoms with Gasteiger partial charge < -0.3 is 14.5 Å². The van der Waals surface area contributed by atoms with Crippen LogP contribution in [-0.2, 0) is 17.8 Å². The Bertz CT molecular complexity index is 808. The van der Waals surface area contributed by atoms with Crippen LogP contribution >= 0.6 is 0 Å². The van der Waals surface area contributed by atoms with Crippen LogP contribution in [0.2, 0.25) is 0 Å². The van der Waals surface area contributed by atoms with Gasteiger partial charge >= 0.3 is 0 Å². The number of likely N-dealkylation sites (N-methyl/N-ethyl adjacent to an activating group) is 1. The fourth-order valence-corrected chi connectivity index (χ4v) is 4.52. The molecular weight excluding hydrogens is 386 g/mol. The van der Waals surface area contributed by atoms with Crippen LogP contribution in [0, 0.1) is 5.92 Å². The van der Waals surface area contributed by atoms with Crippen molar-refractivity contribution in [1.82, 2.24) is 14.7 Å². The maximum atomic E-state index is 12.4. The lowest BCUT2D eigenvalue weighted by molar-refractivity contribution is -0.134. The number of nitrogens with zero attached hydrogens (tertiary/aromatic N) is 3. The van der Waals surface area contributed by atoms with Crippen molar-refractivity contribution in [3.63, 3.8) is 0 Å². The molecule has 0 N–H and O–H groups in total. The number of hydrogen-bond acceptors (Lipinski definition) is 4. The third-order valence-electron chi connectivity index (χ3n) is 6.62. The minimum atomic E-state index is 0.0931. The molecule has 0 bridgehead atoms. The maximum Gasteiger partial charge on any atom is 0.260 e. The number of para-hydroxylation sites is 1. The fourth-order valence-electron chi connectivity index (χ4n) is 4.52. The highest BCUT2D eigenvalue weighted by Gasteiger charge is 2.23. The molecule has 2 saturated heterocycles. The lowest BCUT2D eigenvalue weighted by Crippen LogP contribution is -2.43. The predicted molar refractivity (Wildman–Crippen MR) is 124 cm³/mol. The predicted octanol–water partition coefficient (Wildman–Crippen LogP) is 3.29. The van der Waals surface area contributed by atoms with Gasteiger partial charge in [0.1, 0.15) is 5.75 Å². The zero-order valence-corrected chi connectivity index (χ0v) is 18.7. The number of piperidine rings is 1. The lowest BCUT2D eigenvalue weighted by Gasteiger charge is -2.32. The largest absolute Gasteiger partial charge is 0.484 e. The molecule has 5 heteroatoms. The summed E-state index contributed by atoms with van der Waals surface area (Å²) < 4.78 is 5.62. The highest BCUT2D eigenvalue weighted by atomic mass is 16.5. The summed E-state index contributed by atoms with van der Waals surface area (Å²) in [5.41, 5.74) is 2.83. The van der Waals surface area contributed by atoms with Gasteiger partial charge in [0.05, 0.1) is 0 Å². The third-order valence-corrected chi connectivity index (χ3v) is 6.62. The van der Waals surface area contributed by atoms with Crippen molar-refractivity contribution in [2.24, 2.45) is 5.92 Å². The van der Waals surface area contributed by atoms with Crippen LogP contribution in [0.15, 0.2) is 54.6 Å². The van der Waals surface area contributed by atoms with Crippen molar-refractivity contribution in [2.45, 2.75) is 25.8 Å². The molecular formula is C26H35N3O2. The van der Waals surface area contributed by atoms with E-state index >= 15 is 0 Å². The van der Waals surface area contributed by atoms with Gasteiger partial charge in [-0.05, 0) is 55.5 Å². The van der Waals surface area contributed by atoms with E-state index < -0.39 is 0 Å². The normalized spacial score (nSPS) is 18.8. The number of hydrogen-bond donors (Lipinski definition) is 0. The zero-order valence-electron chi connectivity index (χ0n) is 18.7. The highest BCUT2D eigenvalue weighted by Crippen LogP contribution is 2.22. The summed E-state index contributed by atoms with van der Waals surface area (Å²) in [6.07, 6.45) is 3.25. The zero-order chi connectivity index (χ0) is 21.5. The summed E-state index contributed by atoms with van der Waals surface area (Å²) in [5.74, 6) is 1.50. The molecule has 2 aliphatic rings. The van der Waals surface area contributed by atoms with E-state index in [1.165, 1.54) is 11.1 Å². The standard InChI is InChI=1S/C26H35N3O2/c1-27-15-17-28(18-16-27)20-24-9-7-22(8-10-24)19-23-11-13-29(14-12-23)26(30)21-31-25-5-3-2-4-6-25/h2-10,23H,11-21H2,1H3. The smallest absolute Gasteiger partial charge is 0.260 e. The van der Waals surface area contributed by atoms with Crippen LogP contribution in [0.1, 0.15) is 24.0 Å². The minimum Gasteiger partial charge on any atom is -0.484 e. The van der Waals surface area contributed by atoms with Gasteiger partial charge in [-0.1, -0.05) is 42.5 Å². The third kappa shape index (κ3) is 6.55. The average Bonchev–Trinajstić information content (AvgIpc) is 2.81. The molecule has 1 amide bonds. The van der Waals surface area contributed by atoms with E-state index in [4.69, 9.17) is 4.74 Å². The summed E-state index contributed by atoms with van der Waals surface area (Å²) in [5, 5.41) is 0. The Labute approximate surface area is 186 Å². The second-order valence-electron chi connectivity index (χ2n) is 9.03. The van der Waals surface area contributed by atoms with Gasteiger partial charge in [-0.15, -0.1) is 0 Å². The molecule has 0 unspecified atom stereocenters. The van der Waals surface area contributed by atoms with Crippen molar-refractivity contribution in [1.29, 1.82) is 0 Å². The summed E-state index contributed by atoms with van der Waals surface area (Å²) in [6.45, 7) is 7.50. The van der Waals surface area contributed by atoms with Crippen LogP contribution in [0.3, 0.4) is 0 Å². The molecule has 0 aliphatic carbocycles. The minimum absolute atomic E-state index is 0.0931. The second kappa shape index (κ2) is 10.8. The molecule has 5 nitrogen and oxygen atoms in total. The van der Waals surface area contributed by atoms with E-state index in [2.05, 4.69) is 41.1 Å². The maximum absolute atomic E-state index is 12.4. The topological polar surface area (TPSA) is 36.0 Å². The molecule has 2 aromatic carbocycles. The summed E-state index contributed by atoms with van der Waals surface area (Å²) in [7, 11) is 2.20.